The molecule has 0 aliphatic heterocycles. The number of nitrogens with one attached hydrogen (secondary N) is 1. The summed E-state index contributed by atoms with van der Waals surface area (Å²) in [6.07, 6.45) is 1.52. The van der Waals surface area contributed by atoms with Crippen molar-refractivity contribution in [1.29, 1.82) is 0 Å². The van der Waals surface area contributed by atoms with Crippen LogP contribution in [0.15, 0.2) is 16.7 Å². The van der Waals surface area contributed by atoms with Gasteiger partial charge in [-0.15, -0.1) is 0 Å². The molecule has 8 heteroatoms. The van der Waals surface area contributed by atoms with Gasteiger partial charge in [-0.2, -0.15) is 0 Å². The Kier molecular flexibility index (Phi) is 5.22. The molecule has 1 rings (SSSR count). The molecule has 1 atom stereocenters. The molecule has 0 aliphatic carbocycles. The monoisotopic (exact) mass is 331 g/mol. The van der Waals surface area contributed by atoms with Gasteiger partial charge in [0.2, 0.25) is 0 Å². The predicted molar refractivity (Wildman–Crippen MR) is 73.1 cm³/mol. The molecule has 0 radical (unpaired) electrons. The summed E-state index contributed by atoms with van der Waals surface area (Å²) < 4.78 is 0.358. The van der Waals surface area contributed by atoms with Gasteiger partial charge in [-0.3, -0.25) is 10.1 Å². The van der Waals surface area contributed by atoms with Gasteiger partial charge in [0, 0.05) is 6.07 Å². The molecule has 19 heavy (non-hydrogen) atoms. The fourth-order valence-electron chi connectivity index (χ4n) is 1.49. The number of halogens is 1. The Balaban J connectivity index is 2.91. The van der Waals surface area contributed by atoms with Crippen molar-refractivity contribution >= 4 is 33.4 Å². The zero-order chi connectivity index (χ0) is 14.6. The van der Waals surface area contributed by atoms with Gasteiger partial charge in [0.1, 0.15) is 18.1 Å². The summed E-state index contributed by atoms with van der Waals surface area (Å²) in [5.74, 6) is -0.509. The molecule has 0 saturated carbocycles. The van der Waals surface area contributed by atoms with Crippen LogP contribution in [0.2, 0.25) is 0 Å². The first-order valence-electron chi connectivity index (χ1n) is 5.60. The molecule has 104 valence electrons. The molecule has 1 heterocycles. The van der Waals surface area contributed by atoms with Crippen molar-refractivity contribution in [3.05, 3.63) is 26.9 Å². The molecular weight excluding hydrogens is 318 g/mol. The minimum absolute atomic E-state index is 0.159. The Morgan fingerprint density at radius 1 is 1.63 bits per heavy atom. The molecule has 0 bridgehead atoms. The number of nitro groups is 1. The summed E-state index contributed by atoms with van der Waals surface area (Å²) in [5.41, 5.74) is -0.159. The average molecular weight is 332 g/mol. The zero-order valence-corrected chi connectivity index (χ0v) is 12.0. The van der Waals surface area contributed by atoms with E-state index in [1.165, 1.54) is 6.07 Å². The van der Waals surface area contributed by atoms with E-state index in [0.29, 0.717) is 10.9 Å². The van der Waals surface area contributed by atoms with E-state index in [-0.39, 0.29) is 17.4 Å². The number of carboxylic acid groups (broad SMARTS) is 1. The minimum Gasteiger partial charge on any atom is -0.480 e. The van der Waals surface area contributed by atoms with Gasteiger partial charge >= 0.3 is 5.97 Å². The normalized spacial score (nSPS) is 12.2. The number of aliphatic carboxylic acids is 1. The number of anilines is 1. The van der Waals surface area contributed by atoms with Crippen molar-refractivity contribution in [2.24, 2.45) is 5.92 Å². The van der Waals surface area contributed by atoms with Gasteiger partial charge in [-0.05, 0) is 28.3 Å². The van der Waals surface area contributed by atoms with Crippen LogP contribution in [0.1, 0.15) is 20.3 Å². The zero-order valence-electron chi connectivity index (χ0n) is 10.5. The van der Waals surface area contributed by atoms with Gasteiger partial charge in [-0.1, -0.05) is 13.8 Å². The van der Waals surface area contributed by atoms with Gasteiger partial charge < -0.3 is 10.4 Å². The van der Waals surface area contributed by atoms with Crippen LogP contribution in [0.3, 0.4) is 0 Å². The molecule has 0 aliphatic rings. The lowest BCUT2D eigenvalue weighted by molar-refractivity contribution is -0.385. The predicted octanol–water partition coefficient (Wildman–Crippen LogP) is 2.66. The molecule has 1 aromatic rings. The Labute approximate surface area is 118 Å². The van der Waals surface area contributed by atoms with E-state index in [9.17, 15) is 14.9 Å². The molecule has 0 saturated heterocycles. The lowest BCUT2D eigenvalue weighted by Gasteiger charge is -2.17. The Hall–Kier alpha value is -1.70. The van der Waals surface area contributed by atoms with Crippen LogP contribution in [0.4, 0.5) is 11.5 Å². The maximum Gasteiger partial charge on any atom is 0.326 e. The molecule has 2 N–H and O–H groups in total. The van der Waals surface area contributed by atoms with Crippen LogP contribution in [-0.4, -0.2) is 27.0 Å². The summed E-state index contributed by atoms with van der Waals surface area (Å²) in [6, 6.07) is 0.495. The first kappa shape index (κ1) is 15.4. The van der Waals surface area contributed by atoms with E-state index in [1.54, 1.807) is 0 Å². The Bertz CT molecular complexity index is 493. The molecule has 0 amide bonds. The van der Waals surface area contributed by atoms with Gasteiger partial charge in [-0.25, -0.2) is 9.78 Å². The largest absolute Gasteiger partial charge is 0.480 e. The van der Waals surface area contributed by atoms with Crippen molar-refractivity contribution < 1.29 is 14.8 Å². The van der Waals surface area contributed by atoms with Crippen molar-refractivity contribution in [3.63, 3.8) is 0 Å². The van der Waals surface area contributed by atoms with E-state index in [1.807, 2.05) is 13.8 Å². The quantitative estimate of drug-likeness (QED) is 0.613. The number of rotatable bonds is 6. The number of carbonyl (C=O) groups is 1. The number of pyridine rings is 1. The fraction of sp³-hybridized carbons (Fsp3) is 0.455. The van der Waals surface area contributed by atoms with Crippen molar-refractivity contribution in [3.8, 4) is 0 Å². The third kappa shape index (κ3) is 4.47. The van der Waals surface area contributed by atoms with Crippen LogP contribution in [0, 0.1) is 16.0 Å². The van der Waals surface area contributed by atoms with Crippen molar-refractivity contribution in [2.45, 2.75) is 26.3 Å². The Morgan fingerprint density at radius 3 is 2.68 bits per heavy atom. The van der Waals surface area contributed by atoms with E-state index >= 15 is 0 Å². The van der Waals surface area contributed by atoms with Gasteiger partial charge in [0.05, 0.1) is 9.40 Å². The Morgan fingerprint density at radius 2 is 2.26 bits per heavy atom. The summed E-state index contributed by atoms with van der Waals surface area (Å²) >= 11 is 3.14. The molecule has 1 aromatic heterocycles. The highest BCUT2D eigenvalue weighted by Gasteiger charge is 2.21. The SMILES string of the molecule is CC(C)C[C@@H](Nc1ncc([N+](=O)[O-])cc1Br)C(=O)O. The second kappa shape index (κ2) is 6.46. The molecular formula is C11H14BrN3O4. The highest BCUT2D eigenvalue weighted by atomic mass is 79.9. The average Bonchev–Trinajstić information content (AvgIpc) is 2.29. The number of hydrogen-bond acceptors (Lipinski definition) is 5. The van der Waals surface area contributed by atoms with Gasteiger partial charge in [0.15, 0.2) is 0 Å². The summed E-state index contributed by atoms with van der Waals surface area (Å²) in [6.45, 7) is 3.83. The molecule has 0 aromatic carbocycles. The number of aromatic nitrogens is 1. The third-order valence-electron chi connectivity index (χ3n) is 2.35. The first-order valence-corrected chi connectivity index (χ1v) is 6.39. The molecule has 7 nitrogen and oxygen atoms in total. The first-order chi connectivity index (χ1) is 8.81. The fourth-order valence-corrected chi connectivity index (χ4v) is 1.94. The smallest absolute Gasteiger partial charge is 0.326 e. The molecule has 0 fully saturated rings. The second-order valence-corrected chi connectivity index (χ2v) is 5.30. The molecule has 0 spiro atoms. The van der Waals surface area contributed by atoms with Crippen LogP contribution < -0.4 is 5.32 Å². The maximum atomic E-state index is 11.1. The lowest BCUT2D eigenvalue weighted by Crippen LogP contribution is -2.31. The van der Waals surface area contributed by atoms with E-state index in [0.717, 1.165) is 6.20 Å². The summed E-state index contributed by atoms with van der Waals surface area (Å²) in [7, 11) is 0. The highest BCUT2D eigenvalue weighted by Crippen LogP contribution is 2.25. The number of nitrogens with zero attached hydrogens (tertiary/aromatic N) is 2. The topological polar surface area (TPSA) is 105 Å². The van der Waals surface area contributed by atoms with Crippen LogP contribution in [0.25, 0.3) is 0 Å². The van der Waals surface area contributed by atoms with E-state index in [2.05, 4.69) is 26.2 Å². The highest BCUT2D eigenvalue weighted by molar-refractivity contribution is 9.10. The third-order valence-corrected chi connectivity index (χ3v) is 2.96. The number of carboxylic acids is 1. The van der Waals surface area contributed by atoms with Crippen molar-refractivity contribution in [2.75, 3.05) is 5.32 Å². The van der Waals surface area contributed by atoms with Crippen LogP contribution in [-0.2, 0) is 4.79 Å². The minimum atomic E-state index is -0.985. The van der Waals surface area contributed by atoms with E-state index < -0.39 is 16.9 Å². The number of hydrogen-bond donors (Lipinski definition) is 2. The molecule has 0 unspecified atom stereocenters. The van der Waals surface area contributed by atoms with Gasteiger partial charge in [0.25, 0.3) is 5.69 Å². The maximum absolute atomic E-state index is 11.1. The summed E-state index contributed by atoms with van der Waals surface area (Å²) in [4.78, 5) is 25.0. The standard InChI is InChI=1S/C11H14BrN3O4/c1-6(2)3-9(11(16)17)14-10-8(12)4-7(5-13-10)15(18)19/h4-6,9H,3H2,1-2H3,(H,13,14)(H,16,17)/t9-/m1/s1. The second-order valence-electron chi connectivity index (χ2n) is 4.45. The summed E-state index contributed by atoms with van der Waals surface area (Å²) in [5, 5.41) is 22.4. The van der Waals surface area contributed by atoms with E-state index in [4.69, 9.17) is 5.11 Å². The van der Waals surface area contributed by atoms with Crippen LogP contribution in [0.5, 0.6) is 0 Å². The van der Waals surface area contributed by atoms with Crippen LogP contribution >= 0.6 is 15.9 Å². The lowest BCUT2D eigenvalue weighted by atomic mass is 10.0. The van der Waals surface area contributed by atoms with Crippen molar-refractivity contribution in [1.82, 2.24) is 4.98 Å².